The average Bonchev–Trinajstić information content (AvgIpc) is 3.02. The Labute approximate surface area is 308 Å². The van der Waals surface area contributed by atoms with E-state index in [0.29, 0.717) is 5.57 Å². The monoisotopic (exact) mass is 713 g/mol. The molecule has 0 aromatic heterocycles. The van der Waals surface area contributed by atoms with E-state index in [1.165, 1.54) is 167 Å². The first-order valence-corrected chi connectivity index (χ1v) is 23.2. The van der Waals surface area contributed by atoms with Gasteiger partial charge in [0.15, 0.2) is 0 Å². The Kier molecular flexibility index (Phi) is 34.9. The average molecular weight is 713 g/mol. The van der Waals surface area contributed by atoms with E-state index in [1.807, 2.05) is 13.8 Å². The van der Waals surface area contributed by atoms with Gasteiger partial charge in [0, 0.05) is 0 Å². The molecule has 0 radical (unpaired) electrons. The molecule has 0 spiro atoms. The van der Waals surface area contributed by atoms with E-state index < -0.39 is 24.6 Å². The molecule has 284 valence electrons. The van der Waals surface area contributed by atoms with Crippen LogP contribution in [0.1, 0.15) is 234 Å². The van der Waals surface area contributed by atoms with Crippen LogP contribution in [0.4, 0.5) is 0 Å². The molecule has 48 heavy (non-hydrogen) atoms. The number of unbranched alkanes of at least 4 members (excludes halogenated alkanes) is 24. The van der Waals surface area contributed by atoms with Gasteiger partial charge in [0.1, 0.15) is 0 Å². The normalized spacial score (nSPS) is 11.8. The number of hydrogen-bond acceptors (Lipinski definition) is 4. The third-order valence-corrected chi connectivity index (χ3v) is 11.5. The van der Waals surface area contributed by atoms with Crippen molar-refractivity contribution in [3.63, 3.8) is 0 Å². The molecule has 0 unspecified atom stereocenters. The number of carbonyl (C=O) groups is 1. The Balaban J connectivity index is 4.12. The van der Waals surface area contributed by atoms with Crippen molar-refractivity contribution >= 4 is 5.97 Å². The molecule has 0 amide bonds. The maximum atomic E-state index is 12.8. The summed E-state index contributed by atoms with van der Waals surface area (Å²) in [5.74, 6) is 1.33. The summed E-state index contributed by atoms with van der Waals surface area (Å²) in [7, 11) is 0. The maximum absolute atomic E-state index is 12.8. The first-order valence-electron chi connectivity index (χ1n) is 21.2. The Morgan fingerprint density at radius 1 is 0.458 bits per heavy atom. The third kappa shape index (κ3) is 34.1. The molecule has 0 aromatic rings. The van der Waals surface area contributed by atoms with Gasteiger partial charge in [0.25, 0.3) is 0 Å². The summed E-state index contributed by atoms with van der Waals surface area (Å²) in [6, 6.07) is 0. The van der Waals surface area contributed by atoms with Gasteiger partial charge >= 0.3 is 180 Å². The van der Waals surface area contributed by atoms with Crippen LogP contribution in [-0.4, -0.2) is 12.1 Å². The second kappa shape index (κ2) is 35.1. The third-order valence-electron chi connectivity index (χ3n) is 9.93. The predicted octanol–water partition coefficient (Wildman–Crippen LogP) is 14.9. The van der Waals surface area contributed by atoms with Gasteiger partial charge in [-0.15, -0.1) is 0 Å². The van der Waals surface area contributed by atoms with Crippen molar-refractivity contribution < 1.29 is 33.4 Å². The van der Waals surface area contributed by atoms with Gasteiger partial charge in [-0.25, -0.2) is 0 Å². The van der Waals surface area contributed by atoms with E-state index in [4.69, 9.17) is 6.64 Å². The van der Waals surface area contributed by atoms with E-state index in [9.17, 15) is 8.12 Å². The van der Waals surface area contributed by atoms with Gasteiger partial charge in [-0.3, -0.25) is 0 Å². The summed E-state index contributed by atoms with van der Waals surface area (Å²) in [4.78, 5) is 12.8. The minimum atomic E-state index is -3.50. The molecule has 0 saturated carbocycles. The topological polar surface area (TPSA) is 52.6 Å². The molecule has 0 aliphatic rings. The molecule has 0 aliphatic heterocycles. The Bertz CT molecular complexity index is 709. The Morgan fingerprint density at radius 3 is 0.958 bits per heavy atom. The Hall–Kier alpha value is -0.316. The smallest absolute Gasteiger partial charge is 0.0628 e. The first kappa shape index (κ1) is 47.7. The van der Waals surface area contributed by atoms with Crippen LogP contribution in [0.25, 0.3) is 0 Å². The number of hydrogen-bond donors (Lipinski definition) is 0. The van der Waals surface area contributed by atoms with Crippen LogP contribution in [0, 0.1) is 17.8 Å². The quantitative estimate of drug-likeness (QED) is 0.0365. The van der Waals surface area contributed by atoms with Crippen LogP contribution in [0.5, 0.6) is 0 Å². The van der Waals surface area contributed by atoms with Gasteiger partial charge < -0.3 is 0 Å². The van der Waals surface area contributed by atoms with Crippen LogP contribution in [-0.2, 0) is 33.4 Å². The summed E-state index contributed by atoms with van der Waals surface area (Å²) in [5.41, 5.74) is 0.503. The van der Waals surface area contributed by atoms with Crippen molar-refractivity contribution in [2.45, 2.75) is 240 Å². The van der Waals surface area contributed by atoms with Crippen molar-refractivity contribution in [1.82, 2.24) is 0 Å². The molecule has 0 fully saturated rings. The molecule has 4 nitrogen and oxygen atoms in total. The standard InChI is InChI=1S/C40H78O2.C3H7O.O.Ti/c1-36(2)32-28-24-20-16-12-8-6-10-14-18-22-26-30-34-39(38(5)40(41)42)35-31-27-23-19-15-11-7-9-13-17-21-25-29-33-37(3)4;1-3(2)4;;/h36-37,39H,5-35H2,1-4H3,(H,41,42);3H,1-2H3;;/q;-1;;+2/p-1. The van der Waals surface area contributed by atoms with Crippen LogP contribution < -0.4 is 0 Å². The van der Waals surface area contributed by atoms with Crippen LogP contribution >= 0.6 is 0 Å². The van der Waals surface area contributed by atoms with Gasteiger partial charge in [0.2, 0.25) is 0 Å². The van der Waals surface area contributed by atoms with Gasteiger partial charge in [-0.2, -0.15) is 0 Å². The zero-order chi connectivity index (χ0) is 35.7. The van der Waals surface area contributed by atoms with Crippen LogP contribution in [0.3, 0.4) is 0 Å². The SMILES string of the molecule is C=C(C(=O)[O][Ti](=[O])[O]C(C)C)C(CCCCCCCCCCCCCCCC(C)C)CCCCCCCCCCCCCCCC(C)C. The Morgan fingerprint density at radius 2 is 0.708 bits per heavy atom. The molecular formula is C43H84O4Ti. The molecule has 0 aliphatic carbocycles. The summed E-state index contributed by atoms with van der Waals surface area (Å²) < 4.78 is 22.7. The first-order chi connectivity index (χ1) is 23.1. The van der Waals surface area contributed by atoms with Gasteiger partial charge in [-0.05, 0) is 11.8 Å². The molecular weight excluding hydrogens is 628 g/mol. The fourth-order valence-corrected chi connectivity index (χ4v) is 7.91. The zero-order valence-electron chi connectivity index (χ0n) is 33.4. The van der Waals surface area contributed by atoms with E-state index in [0.717, 1.165) is 37.5 Å². The number of carbonyl (C=O) groups excluding carboxylic acids is 1. The molecule has 0 atom stereocenters. The van der Waals surface area contributed by atoms with E-state index >= 15 is 0 Å². The van der Waals surface area contributed by atoms with E-state index in [1.54, 1.807) is 0 Å². The van der Waals surface area contributed by atoms with E-state index in [2.05, 4.69) is 34.3 Å². The summed E-state index contributed by atoms with van der Waals surface area (Å²) in [6.45, 7) is 17.1. The molecule has 0 N–H and O–H groups in total. The molecule has 5 heteroatoms. The van der Waals surface area contributed by atoms with Crippen molar-refractivity contribution in [2.24, 2.45) is 17.8 Å². The van der Waals surface area contributed by atoms with Gasteiger partial charge in [-0.1, -0.05) is 118 Å². The summed E-state index contributed by atoms with van der Waals surface area (Å²) in [5, 5.41) is 0. The van der Waals surface area contributed by atoms with Crippen molar-refractivity contribution in [3.05, 3.63) is 12.2 Å². The van der Waals surface area contributed by atoms with Crippen LogP contribution in [0.2, 0.25) is 0 Å². The van der Waals surface area contributed by atoms with Crippen molar-refractivity contribution in [3.8, 4) is 0 Å². The number of rotatable bonds is 37. The molecule has 0 rings (SSSR count). The fraction of sp³-hybridized carbons (Fsp3) is 0.930. The molecule has 0 saturated heterocycles. The minimum absolute atomic E-state index is 0.123. The van der Waals surface area contributed by atoms with E-state index in [-0.39, 0.29) is 12.0 Å². The molecule has 0 heterocycles. The minimum Gasteiger partial charge on any atom is -0.0628 e. The molecule has 0 bridgehead atoms. The van der Waals surface area contributed by atoms with Crippen LogP contribution in [0.15, 0.2) is 12.2 Å². The zero-order valence-corrected chi connectivity index (χ0v) is 34.9. The van der Waals surface area contributed by atoms with Crippen molar-refractivity contribution in [1.29, 1.82) is 0 Å². The second-order valence-corrected chi connectivity index (χ2v) is 17.6. The van der Waals surface area contributed by atoms with Crippen molar-refractivity contribution in [2.75, 3.05) is 0 Å². The predicted molar refractivity (Wildman–Crippen MR) is 204 cm³/mol. The second-order valence-electron chi connectivity index (χ2n) is 16.2. The fourth-order valence-electron chi connectivity index (χ4n) is 6.79. The van der Waals surface area contributed by atoms with Gasteiger partial charge in [0.05, 0.1) is 0 Å². The summed E-state index contributed by atoms with van der Waals surface area (Å²) >= 11 is -3.50. The summed E-state index contributed by atoms with van der Waals surface area (Å²) in [6.07, 6.45) is 39.5. The molecule has 0 aromatic carbocycles.